The molecular weight excluding hydrogens is 335 g/mol. The lowest BCUT2D eigenvalue weighted by Crippen LogP contribution is -2.25. The fourth-order valence-corrected chi connectivity index (χ4v) is 3.91. The lowest BCUT2D eigenvalue weighted by atomic mass is 9.83. The summed E-state index contributed by atoms with van der Waals surface area (Å²) in [5.74, 6) is -0.119. The monoisotopic (exact) mass is 370 g/mol. The molecule has 0 spiro atoms. The number of hydrogen-bond donors (Lipinski definition) is 2. The third-order valence-corrected chi connectivity index (χ3v) is 5.55. The number of Topliss-reactive ketones (excluding diaryl/α,β-unsaturated/α-hetero) is 1. The molecule has 1 saturated carbocycles. The Labute approximate surface area is 156 Å². The number of aliphatic hydroxyl groups is 1. The molecule has 1 rings (SSSR count). The van der Waals surface area contributed by atoms with Crippen LogP contribution in [-0.4, -0.2) is 34.2 Å². The number of carboxylic acids is 1. The van der Waals surface area contributed by atoms with Crippen LogP contribution in [0.15, 0.2) is 12.2 Å². The molecular formula is C21H35FO4. The van der Waals surface area contributed by atoms with Gasteiger partial charge in [-0.1, -0.05) is 38.8 Å². The molecule has 26 heavy (non-hydrogen) atoms. The Morgan fingerprint density at radius 3 is 2.69 bits per heavy atom. The molecule has 1 aliphatic carbocycles. The molecule has 0 aliphatic heterocycles. The second-order valence-electron chi connectivity index (χ2n) is 7.71. The van der Waals surface area contributed by atoms with Gasteiger partial charge in [-0.15, -0.1) is 0 Å². The molecule has 0 amide bonds. The van der Waals surface area contributed by atoms with E-state index in [2.05, 4.69) is 6.92 Å². The van der Waals surface area contributed by atoms with E-state index in [9.17, 15) is 19.1 Å². The average Bonchev–Trinajstić information content (AvgIpc) is 2.86. The predicted molar refractivity (Wildman–Crippen MR) is 101 cm³/mol. The molecule has 4 nitrogen and oxygen atoms in total. The number of halogens is 1. The second-order valence-corrected chi connectivity index (χ2v) is 7.71. The maximum Gasteiger partial charge on any atom is 0.303 e. The number of aliphatic hydroxyl groups excluding tert-OH is 1. The first kappa shape index (κ1) is 22.8. The number of carbonyl (C=O) groups is 2. The van der Waals surface area contributed by atoms with Crippen LogP contribution >= 0.6 is 0 Å². The first-order valence-corrected chi connectivity index (χ1v) is 10.1. The van der Waals surface area contributed by atoms with Gasteiger partial charge >= 0.3 is 5.97 Å². The fraction of sp³-hybridized carbons (Fsp3) is 0.810. The number of carbonyl (C=O) groups excluding carboxylic acids is 1. The van der Waals surface area contributed by atoms with Gasteiger partial charge in [0.05, 0.1) is 6.10 Å². The molecule has 0 aromatic heterocycles. The van der Waals surface area contributed by atoms with Crippen LogP contribution < -0.4 is 0 Å². The van der Waals surface area contributed by atoms with E-state index in [0.717, 1.165) is 12.8 Å². The minimum absolute atomic E-state index is 0.0540. The van der Waals surface area contributed by atoms with Crippen LogP contribution in [0.5, 0.6) is 0 Å². The van der Waals surface area contributed by atoms with E-state index >= 15 is 0 Å². The molecule has 0 aromatic carbocycles. The van der Waals surface area contributed by atoms with Crippen molar-refractivity contribution in [3.63, 3.8) is 0 Å². The fourth-order valence-electron chi connectivity index (χ4n) is 3.91. The lowest BCUT2D eigenvalue weighted by molar-refractivity contribution is -0.137. The van der Waals surface area contributed by atoms with Crippen molar-refractivity contribution in [2.45, 2.75) is 90.3 Å². The summed E-state index contributed by atoms with van der Waals surface area (Å²) in [5, 5.41) is 18.7. The number of carboxylic acid groups (broad SMARTS) is 1. The molecule has 150 valence electrons. The summed E-state index contributed by atoms with van der Waals surface area (Å²) >= 11 is 0. The first-order chi connectivity index (χ1) is 12.4. The van der Waals surface area contributed by atoms with E-state index in [1.165, 1.54) is 0 Å². The SMILES string of the molecule is CCCC[C@@H](F)[C@@H](O)CC[C@H]1[C@H](C)CC(=O)[C@@H]1C/C=C\CCCC(=O)O. The Hall–Kier alpha value is -1.23. The smallest absolute Gasteiger partial charge is 0.303 e. The van der Waals surface area contributed by atoms with Crippen molar-refractivity contribution in [1.29, 1.82) is 0 Å². The summed E-state index contributed by atoms with van der Waals surface area (Å²) in [6, 6.07) is 0. The van der Waals surface area contributed by atoms with Gasteiger partial charge in [0.2, 0.25) is 0 Å². The van der Waals surface area contributed by atoms with Crippen LogP contribution in [0.4, 0.5) is 4.39 Å². The number of unbranched alkanes of at least 4 members (excludes halogenated alkanes) is 2. The Morgan fingerprint density at radius 2 is 2.04 bits per heavy atom. The van der Waals surface area contributed by atoms with Gasteiger partial charge in [0, 0.05) is 18.8 Å². The maximum atomic E-state index is 13.9. The molecule has 0 unspecified atom stereocenters. The number of alkyl halides is 1. The Kier molecular flexibility index (Phi) is 10.7. The molecule has 1 fully saturated rings. The van der Waals surface area contributed by atoms with Crippen LogP contribution in [0.2, 0.25) is 0 Å². The number of ketones is 1. The van der Waals surface area contributed by atoms with E-state index in [-0.39, 0.29) is 30.0 Å². The number of rotatable bonds is 13. The molecule has 0 bridgehead atoms. The number of allylic oxidation sites excluding steroid dienone is 2. The summed E-state index contributed by atoms with van der Waals surface area (Å²) in [7, 11) is 0. The van der Waals surface area contributed by atoms with Crippen LogP contribution in [0.3, 0.4) is 0 Å². The van der Waals surface area contributed by atoms with Crippen LogP contribution in [0.25, 0.3) is 0 Å². The van der Waals surface area contributed by atoms with Crippen molar-refractivity contribution in [2.75, 3.05) is 0 Å². The summed E-state index contributed by atoms with van der Waals surface area (Å²) in [6.07, 6.45) is 7.70. The van der Waals surface area contributed by atoms with E-state index < -0.39 is 18.2 Å². The predicted octanol–water partition coefficient (Wildman–Crippen LogP) is 4.70. The highest BCUT2D eigenvalue weighted by molar-refractivity contribution is 5.84. The number of aliphatic carboxylic acids is 1. The van der Waals surface area contributed by atoms with Crippen molar-refractivity contribution in [3.05, 3.63) is 12.2 Å². The van der Waals surface area contributed by atoms with E-state index in [1.807, 2.05) is 19.1 Å². The first-order valence-electron chi connectivity index (χ1n) is 10.1. The second kappa shape index (κ2) is 12.2. The molecule has 2 N–H and O–H groups in total. The van der Waals surface area contributed by atoms with Crippen molar-refractivity contribution in [2.24, 2.45) is 17.8 Å². The largest absolute Gasteiger partial charge is 0.481 e. The van der Waals surface area contributed by atoms with Gasteiger partial charge in [0.25, 0.3) is 0 Å². The molecule has 0 aromatic rings. The average molecular weight is 371 g/mol. The molecule has 5 atom stereocenters. The Balaban J connectivity index is 2.44. The summed E-state index contributed by atoms with van der Waals surface area (Å²) in [5.41, 5.74) is 0. The van der Waals surface area contributed by atoms with Gasteiger partial charge in [0.15, 0.2) is 0 Å². The number of hydrogen-bond acceptors (Lipinski definition) is 3. The van der Waals surface area contributed by atoms with Crippen LogP contribution in [-0.2, 0) is 9.59 Å². The minimum Gasteiger partial charge on any atom is -0.481 e. The van der Waals surface area contributed by atoms with E-state index in [4.69, 9.17) is 5.11 Å². The van der Waals surface area contributed by atoms with Crippen molar-refractivity contribution in [1.82, 2.24) is 0 Å². The lowest BCUT2D eigenvalue weighted by Gasteiger charge is -2.23. The van der Waals surface area contributed by atoms with Crippen molar-refractivity contribution >= 4 is 11.8 Å². The highest BCUT2D eigenvalue weighted by atomic mass is 19.1. The standard InChI is InChI=1S/C21H35FO4/c1-3-4-10-18(22)19(23)13-12-16-15(2)14-20(24)17(16)9-7-5-6-8-11-21(25)26/h5,7,15-19,23H,3-4,6,8-14H2,1-2H3,(H,25,26)/b7-5-/t15-,16+,17-,18-,19+/m1/s1. The summed E-state index contributed by atoms with van der Waals surface area (Å²) in [6.45, 7) is 4.07. The van der Waals surface area contributed by atoms with Gasteiger partial charge in [0.1, 0.15) is 12.0 Å². The van der Waals surface area contributed by atoms with Gasteiger partial charge in [-0.05, 0) is 50.4 Å². The van der Waals surface area contributed by atoms with Crippen molar-refractivity contribution in [3.8, 4) is 0 Å². The van der Waals surface area contributed by atoms with Gasteiger partial charge in [-0.25, -0.2) is 4.39 Å². The van der Waals surface area contributed by atoms with Gasteiger partial charge in [-0.2, -0.15) is 0 Å². The summed E-state index contributed by atoms with van der Waals surface area (Å²) < 4.78 is 13.9. The quantitative estimate of drug-likeness (QED) is 0.364. The third-order valence-electron chi connectivity index (χ3n) is 5.55. The molecule has 0 radical (unpaired) electrons. The van der Waals surface area contributed by atoms with E-state index in [1.54, 1.807) is 0 Å². The molecule has 0 heterocycles. The van der Waals surface area contributed by atoms with Crippen LogP contribution in [0, 0.1) is 17.8 Å². The molecule has 5 heteroatoms. The molecule has 1 aliphatic rings. The van der Waals surface area contributed by atoms with Gasteiger partial charge in [-0.3, -0.25) is 9.59 Å². The zero-order valence-corrected chi connectivity index (χ0v) is 16.2. The highest BCUT2D eigenvalue weighted by Crippen LogP contribution is 2.40. The van der Waals surface area contributed by atoms with Crippen LogP contribution in [0.1, 0.15) is 78.1 Å². The zero-order chi connectivity index (χ0) is 19.5. The van der Waals surface area contributed by atoms with Gasteiger partial charge < -0.3 is 10.2 Å². The minimum atomic E-state index is -1.17. The Morgan fingerprint density at radius 1 is 1.31 bits per heavy atom. The van der Waals surface area contributed by atoms with E-state index in [0.29, 0.717) is 44.9 Å². The maximum absolute atomic E-state index is 13.9. The highest BCUT2D eigenvalue weighted by Gasteiger charge is 2.39. The Bertz CT molecular complexity index is 463. The topological polar surface area (TPSA) is 74.6 Å². The normalized spacial score (nSPS) is 25.7. The summed E-state index contributed by atoms with van der Waals surface area (Å²) in [4.78, 5) is 22.8. The third kappa shape index (κ3) is 7.98. The zero-order valence-electron chi connectivity index (χ0n) is 16.2. The van der Waals surface area contributed by atoms with Crippen molar-refractivity contribution < 1.29 is 24.2 Å². The molecule has 0 saturated heterocycles.